The maximum Gasteiger partial charge on any atom is 0.130 e. The van der Waals surface area contributed by atoms with Gasteiger partial charge < -0.3 is 9.84 Å². The molecule has 0 saturated heterocycles. The van der Waals surface area contributed by atoms with Crippen LogP contribution < -0.4 is 4.74 Å². The first kappa shape index (κ1) is 15.0. The van der Waals surface area contributed by atoms with Gasteiger partial charge in [-0.2, -0.15) is 5.11 Å². The highest BCUT2D eigenvalue weighted by Crippen LogP contribution is 2.39. The van der Waals surface area contributed by atoms with E-state index >= 15 is 0 Å². The second-order valence-electron chi connectivity index (χ2n) is 5.53. The van der Waals surface area contributed by atoms with Gasteiger partial charge in [0.15, 0.2) is 0 Å². The van der Waals surface area contributed by atoms with Crippen molar-refractivity contribution in [1.82, 2.24) is 0 Å². The van der Waals surface area contributed by atoms with Crippen LogP contribution in [0, 0.1) is 13.8 Å². The Balaban J connectivity index is 2.10. The number of hydrogen-bond donors (Lipinski definition) is 1. The molecular weight excluding hydrogens is 288 g/mol. The number of hydrogen-bond acceptors (Lipinski definition) is 4. The lowest BCUT2D eigenvalue weighted by Gasteiger charge is -2.08. The van der Waals surface area contributed by atoms with E-state index < -0.39 is 0 Å². The van der Waals surface area contributed by atoms with Crippen molar-refractivity contribution < 1.29 is 9.84 Å². The molecule has 3 aromatic rings. The van der Waals surface area contributed by atoms with Gasteiger partial charge in [-0.15, -0.1) is 5.11 Å². The zero-order valence-electron chi connectivity index (χ0n) is 13.4. The van der Waals surface area contributed by atoms with Crippen molar-refractivity contribution >= 4 is 22.1 Å². The van der Waals surface area contributed by atoms with Crippen molar-refractivity contribution in [2.45, 2.75) is 13.8 Å². The van der Waals surface area contributed by atoms with E-state index in [4.69, 9.17) is 4.74 Å². The molecule has 0 atom stereocenters. The number of phenols is 1. The number of nitrogens with zero attached hydrogens (tertiary/aromatic N) is 2. The fourth-order valence-corrected chi connectivity index (χ4v) is 2.72. The van der Waals surface area contributed by atoms with Crippen molar-refractivity contribution in [3.63, 3.8) is 0 Å². The molecule has 0 aliphatic rings. The van der Waals surface area contributed by atoms with Crippen LogP contribution in [0.3, 0.4) is 0 Å². The van der Waals surface area contributed by atoms with E-state index in [-0.39, 0.29) is 5.75 Å². The zero-order valence-corrected chi connectivity index (χ0v) is 13.4. The Labute approximate surface area is 135 Å². The summed E-state index contributed by atoms with van der Waals surface area (Å²) < 4.78 is 5.33. The van der Waals surface area contributed by atoms with Gasteiger partial charge >= 0.3 is 0 Å². The van der Waals surface area contributed by atoms with Gasteiger partial charge in [-0.1, -0.05) is 18.2 Å². The molecule has 0 unspecified atom stereocenters. The first-order chi connectivity index (χ1) is 11.1. The number of benzene rings is 3. The molecule has 116 valence electrons. The van der Waals surface area contributed by atoms with Gasteiger partial charge in [0, 0.05) is 5.39 Å². The number of methoxy groups -OCH3 is 1. The first-order valence-corrected chi connectivity index (χ1v) is 7.37. The van der Waals surface area contributed by atoms with Gasteiger partial charge in [0.25, 0.3) is 0 Å². The Bertz CT molecular complexity index is 881. The molecule has 0 amide bonds. The minimum atomic E-state index is 0.169. The number of azo groups is 1. The summed E-state index contributed by atoms with van der Waals surface area (Å²) in [5, 5.41) is 20.3. The third kappa shape index (κ3) is 3.01. The number of phenolic OH excluding ortho intramolecular Hbond substituents is 1. The molecule has 23 heavy (non-hydrogen) atoms. The minimum absolute atomic E-state index is 0.169. The van der Waals surface area contributed by atoms with E-state index in [9.17, 15) is 5.11 Å². The van der Waals surface area contributed by atoms with E-state index in [0.717, 1.165) is 22.2 Å². The third-order valence-corrected chi connectivity index (χ3v) is 3.66. The van der Waals surface area contributed by atoms with Gasteiger partial charge in [0.05, 0.1) is 23.9 Å². The summed E-state index contributed by atoms with van der Waals surface area (Å²) >= 11 is 0. The van der Waals surface area contributed by atoms with Crippen LogP contribution in [-0.2, 0) is 0 Å². The van der Waals surface area contributed by atoms with Crippen molar-refractivity contribution in [3.05, 3.63) is 59.7 Å². The van der Waals surface area contributed by atoms with E-state index in [1.807, 2.05) is 44.2 Å². The lowest BCUT2D eigenvalue weighted by atomic mass is 10.1. The fourth-order valence-electron chi connectivity index (χ4n) is 2.72. The molecule has 0 fully saturated rings. The summed E-state index contributed by atoms with van der Waals surface area (Å²) in [4.78, 5) is 0. The molecule has 0 aromatic heterocycles. The predicted molar refractivity (Wildman–Crippen MR) is 92.3 cm³/mol. The minimum Gasteiger partial charge on any atom is -0.507 e. The van der Waals surface area contributed by atoms with Crippen molar-refractivity contribution in [2.75, 3.05) is 7.11 Å². The number of aromatic hydroxyl groups is 1. The maximum absolute atomic E-state index is 10.1. The van der Waals surface area contributed by atoms with Crippen LogP contribution >= 0.6 is 0 Å². The van der Waals surface area contributed by atoms with Gasteiger partial charge in [-0.25, -0.2) is 0 Å². The van der Waals surface area contributed by atoms with Crippen LogP contribution in [0.1, 0.15) is 11.1 Å². The Morgan fingerprint density at radius 1 is 0.913 bits per heavy atom. The van der Waals surface area contributed by atoms with Crippen LogP contribution in [0.25, 0.3) is 10.8 Å². The van der Waals surface area contributed by atoms with E-state index in [1.165, 1.54) is 0 Å². The molecule has 3 rings (SSSR count). The highest BCUT2D eigenvalue weighted by molar-refractivity contribution is 6.00. The highest BCUT2D eigenvalue weighted by atomic mass is 16.5. The average Bonchev–Trinajstić information content (AvgIpc) is 2.53. The largest absolute Gasteiger partial charge is 0.507 e. The number of rotatable bonds is 3. The van der Waals surface area contributed by atoms with Crippen LogP contribution in [0.4, 0.5) is 11.4 Å². The Kier molecular flexibility index (Phi) is 3.98. The quantitative estimate of drug-likeness (QED) is 0.641. The molecular formula is C19H18N2O2. The molecule has 0 aliphatic heterocycles. The number of aryl methyl sites for hydroxylation is 2. The third-order valence-electron chi connectivity index (χ3n) is 3.66. The fraction of sp³-hybridized carbons (Fsp3) is 0.158. The summed E-state index contributed by atoms with van der Waals surface area (Å²) in [5.74, 6) is 0.784. The molecule has 4 heteroatoms. The number of ether oxygens (including phenoxy) is 1. The van der Waals surface area contributed by atoms with Gasteiger partial charge in [-0.05, 0) is 55.3 Å². The molecule has 0 bridgehead atoms. The summed E-state index contributed by atoms with van der Waals surface area (Å²) in [7, 11) is 1.58. The average molecular weight is 306 g/mol. The zero-order chi connectivity index (χ0) is 16.4. The lowest BCUT2D eigenvalue weighted by Crippen LogP contribution is -1.85. The summed E-state index contributed by atoms with van der Waals surface area (Å²) in [5.41, 5.74) is 3.80. The van der Waals surface area contributed by atoms with E-state index in [1.54, 1.807) is 19.2 Å². The molecule has 0 aliphatic carbocycles. The van der Waals surface area contributed by atoms with Gasteiger partial charge in [0.1, 0.15) is 11.5 Å². The normalized spacial score (nSPS) is 11.3. The molecule has 4 nitrogen and oxygen atoms in total. The van der Waals surface area contributed by atoms with Crippen LogP contribution in [0.15, 0.2) is 58.8 Å². The molecule has 0 heterocycles. The van der Waals surface area contributed by atoms with Crippen LogP contribution in [0.5, 0.6) is 11.5 Å². The van der Waals surface area contributed by atoms with Crippen LogP contribution in [0.2, 0.25) is 0 Å². The maximum atomic E-state index is 10.1. The predicted octanol–water partition coefficient (Wildman–Crippen LogP) is 5.59. The monoisotopic (exact) mass is 306 g/mol. The smallest absolute Gasteiger partial charge is 0.130 e. The molecule has 3 aromatic carbocycles. The van der Waals surface area contributed by atoms with Crippen LogP contribution in [-0.4, -0.2) is 12.2 Å². The summed E-state index contributed by atoms with van der Waals surface area (Å²) in [6, 6.07) is 15.0. The molecule has 0 saturated carbocycles. The van der Waals surface area contributed by atoms with E-state index in [0.29, 0.717) is 16.8 Å². The van der Waals surface area contributed by atoms with Gasteiger partial charge in [-0.3, -0.25) is 0 Å². The second-order valence-corrected chi connectivity index (χ2v) is 5.53. The SMILES string of the molecule is COc1cccc2c(N=Nc3cc(C)cc(C)c3)ccc(O)c12. The highest BCUT2D eigenvalue weighted by Gasteiger charge is 2.10. The summed E-state index contributed by atoms with van der Waals surface area (Å²) in [6.45, 7) is 4.07. The topological polar surface area (TPSA) is 54.2 Å². The standard InChI is InChI=1S/C19H18N2O2/c1-12-9-13(2)11-14(10-12)20-21-16-7-8-17(22)19-15(16)5-4-6-18(19)23-3/h4-11,22H,1-3H3. The van der Waals surface area contributed by atoms with Crippen molar-refractivity contribution in [1.29, 1.82) is 0 Å². The molecule has 0 spiro atoms. The Hall–Kier alpha value is -2.88. The lowest BCUT2D eigenvalue weighted by molar-refractivity contribution is 0.416. The first-order valence-electron chi connectivity index (χ1n) is 7.37. The van der Waals surface area contributed by atoms with E-state index in [2.05, 4.69) is 16.3 Å². The second kappa shape index (κ2) is 6.08. The molecule has 0 radical (unpaired) electrons. The number of fused-ring (bicyclic) bond motifs is 1. The Morgan fingerprint density at radius 2 is 1.65 bits per heavy atom. The Morgan fingerprint density at radius 3 is 2.35 bits per heavy atom. The van der Waals surface area contributed by atoms with Crippen molar-refractivity contribution in [2.24, 2.45) is 10.2 Å². The summed E-state index contributed by atoms with van der Waals surface area (Å²) in [6.07, 6.45) is 0. The van der Waals surface area contributed by atoms with Crippen molar-refractivity contribution in [3.8, 4) is 11.5 Å². The van der Waals surface area contributed by atoms with Gasteiger partial charge in [0.2, 0.25) is 0 Å². The molecule has 1 N–H and O–H groups in total.